The number of carbonyl (C=O) groups excluding carboxylic acids is 1. The van der Waals surface area contributed by atoms with E-state index in [2.05, 4.69) is 10.3 Å². The van der Waals surface area contributed by atoms with Crippen molar-refractivity contribution in [1.82, 2.24) is 14.6 Å². The zero-order valence-corrected chi connectivity index (χ0v) is 18.4. The average molecular weight is 492 g/mol. The molecule has 1 aromatic carbocycles. The maximum absolute atomic E-state index is 12.9. The Morgan fingerprint density at radius 3 is 2.59 bits per heavy atom. The summed E-state index contributed by atoms with van der Waals surface area (Å²) in [5.41, 5.74) is 0.157. The van der Waals surface area contributed by atoms with Crippen molar-refractivity contribution < 1.29 is 31.1 Å². The number of pyridine rings is 1. The maximum atomic E-state index is 12.9. The quantitative estimate of drug-likeness (QED) is 0.636. The van der Waals surface area contributed by atoms with Gasteiger partial charge in [-0.15, -0.1) is 0 Å². The normalized spacial score (nSPS) is 15.4. The molecule has 7 nitrogen and oxygen atoms in total. The molecule has 0 saturated carbocycles. The first-order valence-corrected chi connectivity index (χ1v) is 11.6. The summed E-state index contributed by atoms with van der Waals surface area (Å²) in [4.78, 5) is 16.4. The van der Waals surface area contributed by atoms with E-state index in [9.17, 15) is 26.4 Å². The van der Waals surface area contributed by atoms with Gasteiger partial charge in [0.05, 0.1) is 15.5 Å². The predicted octanol–water partition coefficient (Wildman–Crippen LogP) is 3.78. The summed E-state index contributed by atoms with van der Waals surface area (Å²) >= 11 is 6.11. The van der Waals surface area contributed by atoms with Crippen LogP contribution in [0.4, 0.5) is 13.2 Å². The number of piperidine rings is 1. The number of carbonyl (C=O) groups is 1. The molecule has 0 radical (unpaired) electrons. The second-order valence-electron chi connectivity index (χ2n) is 7.16. The van der Waals surface area contributed by atoms with Crippen molar-refractivity contribution in [2.75, 3.05) is 19.7 Å². The van der Waals surface area contributed by atoms with Gasteiger partial charge < -0.3 is 10.1 Å². The zero-order chi connectivity index (χ0) is 23.4. The zero-order valence-electron chi connectivity index (χ0n) is 16.9. The monoisotopic (exact) mass is 491 g/mol. The summed E-state index contributed by atoms with van der Waals surface area (Å²) in [5.74, 6) is -0.950. The highest BCUT2D eigenvalue weighted by Crippen LogP contribution is 2.25. The largest absolute Gasteiger partial charge is 0.468 e. The van der Waals surface area contributed by atoms with E-state index in [4.69, 9.17) is 16.3 Å². The van der Waals surface area contributed by atoms with Crippen LogP contribution in [0.3, 0.4) is 0 Å². The van der Waals surface area contributed by atoms with Crippen molar-refractivity contribution in [1.29, 1.82) is 0 Å². The van der Waals surface area contributed by atoms with Crippen LogP contribution >= 0.6 is 11.6 Å². The van der Waals surface area contributed by atoms with Gasteiger partial charge in [0, 0.05) is 31.4 Å². The molecule has 1 aromatic heterocycles. The molecule has 0 bridgehead atoms. The molecule has 0 unspecified atom stereocenters. The molecule has 174 valence electrons. The maximum Gasteiger partial charge on any atom is 0.422 e. The molecule has 12 heteroatoms. The lowest BCUT2D eigenvalue weighted by Crippen LogP contribution is -2.35. The molecule has 1 amide bonds. The summed E-state index contributed by atoms with van der Waals surface area (Å²) in [6, 6.07) is 6.81. The van der Waals surface area contributed by atoms with Gasteiger partial charge in [0.15, 0.2) is 6.61 Å². The number of halogens is 4. The molecule has 0 spiro atoms. The number of hydrogen-bond donors (Lipinski definition) is 1. The van der Waals surface area contributed by atoms with Gasteiger partial charge in [-0.2, -0.15) is 17.5 Å². The Kier molecular flexibility index (Phi) is 7.63. The topological polar surface area (TPSA) is 88.6 Å². The number of rotatable bonds is 7. The third-order valence-electron chi connectivity index (χ3n) is 4.80. The van der Waals surface area contributed by atoms with Gasteiger partial charge in [-0.3, -0.25) is 4.79 Å². The van der Waals surface area contributed by atoms with Crippen LogP contribution in [0.15, 0.2) is 41.4 Å². The number of aromatic nitrogens is 1. The fourth-order valence-electron chi connectivity index (χ4n) is 3.20. The van der Waals surface area contributed by atoms with Crippen LogP contribution in [0.2, 0.25) is 5.02 Å². The molecule has 1 aliphatic rings. The highest BCUT2D eigenvalue weighted by molar-refractivity contribution is 7.89. The van der Waals surface area contributed by atoms with Crippen molar-refractivity contribution >= 4 is 27.5 Å². The van der Waals surface area contributed by atoms with E-state index in [1.807, 2.05) is 0 Å². The number of nitrogens with one attached hydrogen (secondary N) is 1. The number of ether oxygens (including phenoxy) is 1. The minimum atomic E-state index is -4.54. The van der Waals surface area contributed by atoms with Crippen molar-refractivity contribution in [3.05, 3.63) is 52.7 Å². The number of alkyl halides is 3. The summed E-state index contributed by atoms with van der Waals surface area (Å²) in [5, 5.41) is 2.56. The van der Waals surface area contributed by atoms with Crippen LogP contribution in [0.25, 0.3) is 0 Å². The third kappa shape index (κ3) is 6.11. The average Bonchev–Trinajstić information content (AvgIpc) is 2.77. The lowest BCUT2D eigenvalue weighted by molar-refractivity contribution is -0.154. The van der Waals surface area contributed by atoms with Crippen LogP contribution in [0, 0.1) is 0 Å². The molecule has 1 N–H and O–H groups in total. The first-order valence-electron chi connectivity index (χ1n) is 9.79. The van der Waals surface area contributed by atoms with E-state index in [1.54, 1.807) is 0 Å². The van der Waals surface area contributed by atoms with Crippen LogP contribution in [0.1, 0.15) is 35.2 Å². The van der Waals surface area contributed by atoms with E-state index >= 15 is 0 Å². The smallest absolute Gasteiger partial charge is 0.422 e. The van der Waals surface area contributed by atoms with Gasteiger partial charge in [0.1, 0.15) is 0 Å². The predicted molar refractivity (Wildman–Crippen MR) is 111 cm³/mol. The van der Waals surface area contributed by atoms with Crippen LogP contribution in [0.5, 0.6) is 5.88 Å². The van der Waals surface area contributed by atoms with Gasteiger partial charge in [0.2, 0.25) is 15.9 Å². The van der Waals surface area contributed by atoms with Gasteiger partial charge in [-0.05, 0) is 37.1 Å². The second-order valence-corrected chi connectivity index (χ2v) is 9.51. The number of nitrogens with zero attached hydrogens (tertiary/aromatic N) is 2. The lowest BCUT2D eigenvalue weighted by Gasteiger charge is -2.26. The lowest BCUT2D eigenvalue weighted by atomic mass is 10.2. The van der Waals surface area contributed by atoms with E-state index in [-0.39, 0.29) is 33.5 Å². The van der Waals surface area contributed by atoms with Crippen molar-refractivity contribution in [3.63, 3.8) is 0 Å². The molecule has 1 aliphatic heterocycles. The molecular formula is C20H21ClF3N3O4S. The Labute approximate surface area is 188 Å². The standard InChI is InChI=1S/C20H21ClF3N3O4S/c21-17-7-6-15(32(29,30)27-9-2-1-3-10-27)11-16(17)18(28)26-12-14-5-4-8-25-19(14)31-13-20(22,23)24/h4-8,11H,1-3,9-10,12-13H2,(H,26,28). The van der Waals surface area contributed by atoms with Crippen LogP contribution < -0.4 is 10.1 Å². The molecule has 0 aliphatic carbocycles. The van der Waals surface area contributed by atoms with Crippen molar-refractivity contribution in [2.24, 2.45) is 0 Å². The summed E-state index contributed by atoms with van der Waals surface area (Å²) < 4.78 is 69.1. The molecule has 1 fully saturated rings. The molecular weight excluding hydrogens is 471 g/mol. The first-order chi connectivity index (χ1) is 15.1. The van der Waals surface area contributed by atoms with Crippen molar-refractivity contribution in [3.8, 4) is 5.88 Å². The minimum absolute atomic E-state index is 0.0415. The highest BCUT2D eigenvalue weighted by Gasteiger charge is 2.29. The van der Waals surface area contributed by atoms with E-state index in [1.165, 1.54) is 40.8 Å². The Morgan fingerprint density at radius 2 is 1.91 bits per heavy atom. The molecule has 1 saturated heterocycles. The number of amides is 1. The second kappa shape index (κ2) is 10.1. The van der Waals surface area contributed by atoms with E-state index in [0.29, 0.717) is 13.1 Å². The molecule has 3 rings (SSSR count). The van der Waals surface area contributed by atoms with Crippen molar-refractivity contribution in [2.45, 2.75) is 36.9 Å². The van der Waals surface area contributed by atoms with Crippen LogP contribution in [-0.2, 0) is 16.6 Å². The van der Waals surface area contributed by atoms with E-state index < -0.39 is 28.7 Å². The van der Waals surface area contributed by atoms with E-state index in [0.717, 1.165) is 19.3 Å². The number of sulfonamides is 1. The fourth-order valence-corrected chi connectivity index (χ4v) is 4.95. The summed E-state index contributed by atoms with van der Waals surface area (Å²) in [6.45, 7) is -0.894. The Morgan fingerprint density at radius 1 is 1.19 bits per heavy atom. The number of hydrogen-bond acceptors (Lipinski definition) is 5. The minimum Gasteiger partial charge on any atom is -0.468 e. The van der Waals surface area contributed by atoms with Gasteiger partial charge >= 0.3 is 6.18 Å². The summed E-state index contributed by atoms with van der Waals surface area (Å²) in [7, 11) is -3.77. The molecule has 2 aromatic rings. The Bertz CT molecular complexity index is 1070. The summed E-state index contributed by atoms with van der Waals surface area (Å²) in [6.07, 6.45) is -0.772. The third-order valence-corrected chi connectivity index (χ3v) is 7.02. The van der Waals surface area contributed by atoms with Gasteiger partial charge in [-0.25, -0.2) is 13.4 Å². The van der Waals surface area contributed by atoms with Crippen LogP contribution in [-0.4, -0.2) is 49.5 Å². The fraction of sp³-hybridized carbons (Fsp3) is 0.400. The van der Waals surface area contributed by atoms with Gasteiger partial charge in [0.25, 0.3) is 5.91 Å². The highest BCUT2D eigenvalue weighted by atomic mass is 35.5. The molecule has 32 heavy (non-hydrogen) atoms. The Hall–Kier alpha value is -2.37. The SMILES string of the molecule is O=C(NCc1cccnc1OCC(F)(F)F)c1cc(S(=O)(=O)N2CCCCC2)ccc1Cl. The number of benzene rings is 1. The van der Waals surface area contributed by atoms with Gasteiger partial charge in [-0.1, -0.05) is 24.1 Å². The molecule has 2 heterocycles. The first kappa shape index (κ1) is 24.3. The Balaban J connectivity index is 1.74. The molecule has 0 atom stereocenters.